The number of nitrogens with one attached hydrogen (secondary N) is 1. The number of halogens is 1. The van der Waals surface area contributed by atoms with E-state index in [9.17, 15) is 13.2 Å². The van der Waals surface area contributed by atoms with Crippen molar-refractivity contribution in [2.75, 3.05) is 5.75 Å². The van der Waals surface area contributed by atoms with Crippen LogP contribution < -0.4 is 4.72 Å². The quantitative estimate of drug-likeness (QED) is 0.852. The summed E-state index contributed by atoms with van der Waals surface area (Å²) in [4.78, 5) is 10.4. The number of carboxylic acids is 1. The third-order valence-electron chi connectivity index (χ3n) is 2.04. The van der Waals surface area contributed by atoms with Crippen LogP contribution in [0.5, 0.6) is 0 Å². The van der Waals surface area contributed by atoms with E-state index in [1.807, 2.05) is 0 Å². The number of carboxylic acid groups (broad SMARTS) is 1. The SMILES string of the molecule is C[C@@H](NS(=O)(=O)CC(=O)O)c1ccccc1Cl. The molecule has 2 N–H and O–H groups in total. The molecule has 0 bridgehead atoms. The minimum absolute atomic E-state index is 0.429. The monoisotopic (exact) mass is 277 g/mol. The lowest BCUT2D eigenvalue weighted by Gasteiger charge is -2.14. The summed E-state index contributed by atoms with van der Waals surface area (Å²) in [5, 5.41) is 8.87. The molecule has 1 rings (SSSR count). The molecule has 0 aliphatic carbocycles. The molecule has 0 saturated heterocycles. The number of hydrogen-bond acceptors (Lipinski definition) is 3. The second-order valence-electron chi connectivity index (χ2n) is 3.51. The predicted octanol–water partition coefficient (Wildman–Crippen LogP) is 1.40. The maximum absolute atomic E-state index is 11.4. The summed E-state index contributed by atoms with van der Waals surface area (Å²) >= 11 is 5.90. The molecule has 1 aromatic rings. The number of sulfonamides is 1. The van der Waals surface area contributed by atoms with Gasteiger partial charge in [0.1, 0.15) is 0 Å². The van der Waals surface area contributed by atoms with Crippen molar-refractivity contribution in [3.63, 3.8) is 0 Å². The zero-order chi connectivity index (χ0) is 13.1. The van der Waals surface area contributed by atoms with Crippen LogP contribution in [0.4, 0.5) is 0 Å². The largest absolute Gasteiger partial charge is 0.480 e. The number of aliphatic carboxylic acids is 1. The highest BCUT2D eigenvalue weighted by molar-refractivity contribution is 7.90. The summed E-state index contributed by atoms with van der Waals surface area (Å²) in [6.45, 7) is 1.60. The molecular weight excluding hydrogens is 266 g/mol. The van der Waals surface area contributed by atoms with E-state index < -0.39 is 27.8 Å². The molecule has 94 valence electrons. The van der Waals surface area contributed by atoms with E-state index in [1.54, 1.807) is 31.2 Å². The zero-order valence-corrected chi connectivity index (χ0v) is 10.6. The van der Waals surface area contributed by atoms with Crippen LogP contribution >= 0.6 is 11.6 Å². The van der Waals surface area contributed by atoms with Crippen molar-refractivity contribution >= 4 is 27.6 Å². The lowest BCUT2D eigenvalue weighted by Crippen LogP contribution is -2.32. The van der Waals surface area contributed by atoms with E-state index in [0.29, 0.717) is 10.6 Å². The molecule has 0 aliphatic heterocycles. The van der Waals surface area contributed by atoms with E-state index in [2.05, 4.69) is 4.72 Å². The molecule has 0 spiro atoms. The molecule has 0 fully saturated rings. The highest BCUT2D eigenvalue weighted by Crippen LogP contribution is 2.22. The standard InChI is InChI=1S/C10H12ClNO4S/c1-7(8-4-2-3-5-9(8)11)12-17(15,16)6-10(13)14/h2-5,7,12H,6H2,1H3,(H,13,14)/t7-/m1/s1. The summed E-state index contributed by atoms with van der Waals surface area (Å²) in [5.74, 6) is -2.36. The van der Waals surface area contributed by atoms with Crippen LogP contribution in [0.3, 0.4) is 0 Å². The Hall–Kier alpha value is -1.11. The van der Waals surface area contributed by atoms with Crippen molar-refractivity contribution in [2.45, 2.75) is 13.0 Å². The molecule has 0 saturated carbocycles. The lowest BCUT2D eigenvalue weighted by molar-refractivity contribution is -0.134. The molecule has 5 nitrogen and oxygen atoms in total. The van der Waals surface area contributed by atoms with Crippen molar-refractivity contribution in [3.8, 4) is 0 Å². The third-order valence-corrected chi connectivity index (χ3v) is 3.73. The van der Waals surface area contributed by atoms with Gasteiger partial charge in [0, 0.05) is 11.1 Å². The molecule has 1 aromatic carbocycles. The second-order valence-corrected chi connectivity index (χ2v) is 5.67. The van der Waals surface area contributed by atoms with Gasteiger partial charge in [-0.25, -0.2) is 13.1 Å². The smallest absolute Gasteiger partial charge is 0.320 e. The maximum Gasteiger partial charge on any atom is 0.320 e. The summed E-state index contributed by atoms with van der Waals surface area (Å²) < 4.78 is 25.1. The van der Waals surface area contributed by atoms with E-state index in [1.165, 1.54) is 0 Å². The summed E-state index contributed by atoms with van der Waals surface area (Å²) in [6, 6.07) is 6.19. The fourth-order valence-corrected chi connectivity index (χ4v) is 2.74. The Balaban J connectivity index is 2.83. The first-order valence-corrected chi connectivity index (χ1v) is 6.81. The number of benzene rings is 1. The van der Waals surface area contributed by atoms with Crippen molar-refractivity contribution in [2.24, 2.45) is 0 Å². The Bertz CT molecular complexity index is 515. The van der Waals surface area contributed by atoms with Gasteiger partial charge in [-0.05, 0) is 18.6 Å². The van der Waals surface area contributed by atoms with Gasteiger partial charge >= 0.3 is 5.97 Å². The molecule has 7 heteroatoms. The van der Waals surface area contributed by atoms with Crippen molar-refractivity contribution in [3.05, 3.63) is 34.9 Å². The highest BCUT2D eigenvalue weighted by Gasteiger charge is 2.20. The first kappa shape index (κ1) is 14.0. The topological polar surface area (TPSA) is 83.5 Å². The van der Waals surface area contributed by atoms with Crippen LogP contribution in [0.15, 0.2) is 24.3 Å². The predicted molar refractivity (Wildman–Crippen MR) is 64.4 cm³/mol. The summed E-state index contributed by atoms with van der Waals surface area (Å²) in [5.41, 5.74) is 0.600. The third kappa shape index (κ3) is 4.33. The van der Waals surface area contributed by atoms with Crippen LogP contribution in [0, 0.1) is 0 Å². The van der Waals surface area contributed by atoms with Gasteiger partial charge in [0.15, 0.2) is 5.75 Å². The fourth-order valence-electron chi connectivity index (χ4n) is 1.36. The van der Waals surface area contributed by atoms with E-state index in [-0.39, 0.29) is 0 Å². The average Bonchev–Trinajstić information content (AvgIpc) is 2.14. The van der Waals surface area contributed by atoms with Crippen LogP contribution in [-0.2, 0) is 14.8 Å². The molecular formula is C10H12ClNO4S. The molecule has 0 aliphatic rings. The Kier molecular flexibility index (Phi) is 4.50. The highest BCUT2D eigenvalue weighted by atomic mass is 35.5. The zero-order valence-electron chi connectivity index (χ0n) is 9.05. The van der Waals surface area contributed by atoms with Crippen molar-refractivity contribution in [1.82, 2.24) is 4.72 Å². The molecule has 17 heavy (non-hydrogen) atoms. The Morgan fingerprint density at radius 1 is 1.47 bits per heavy atom. The van der Waals surface area contributed by atoms with Crippen LogP contribution in [0.25, 0.3) is 0 Å². The second kappa shape index (κ2) is 5.48. The van der Waals surface area contributed by atoms with Crippen molar-refractivity contribution in [1.29, 1.82) is 0 Å². The van der Waals surface area contributed by atoms with E-state index >= 15 is 0 Å². The van der Waals surface area contributed by atoms with Crippen LogP contribution in [0.1, 0.15) is 18.5 Å². The molecule has 0 amide bonds. The normalized spacial score (nSPS) is 13.3. The van der Waals surface area contributed by atoms with Gasteiger partial charge < -0.3 is 5.11 Å². The average molecular weight is 278 g/mol. The van der Waals surface area contributed by atoms with Gasteiger partial charge in [-0.2, -0.15) is 0 Å². The lowest BCUT2D eigenvalue weighted by atomic mass is 10.1. The maximum atomic E-state index is 11.4. The summed E-state index contributed by atoms with van der Waals surface area (Å²) in [7, 11) is -3.85. The number of hydrogen-bond donors (Lipinski definition) is 2. The number of carbonyl (C=O) groups is 1. The van der Waals surface area contributed by atoms with Gasteiger partial charge in [0.25, 0.3) is 0 Å². The molecule has 0 unspecified atom stereocenters. The Morgan fingerprint density at radius 2 is 2.06 bits per heavy atom. The number of rotatable bonds is 5. The van der Waals surface area contributed by atoms with E-state index in [4.69, 9.17) is 16.7 Å². The molecule has 1 atom stereocenters. The molecule has 0 heterocycles. The van der Waals surface area contributed by atoms with Crippen molar-refractivity contribution < 1.29 is 18.3 Å². The fraction of sp³-hybridized carbons (Fsp3) is 0.300. The first-order chi connectivity index (χ1) is 7.82. The summed E-state index contributed by atoms with van der Waals surface area (Å²) in [6.07, 6.45) is 0. The minimum atomic E-state index is -3.85. The first-order valence-electron chi connectivity index (χ1n) is 4.78. The Labute approximate surface area is 104 Å². The molecule has 0 aromatic heterocycles. The molecule has 0 radical (unpaired) electrons. The van der Waals surface area contributed by atoms with Gasteiger partial charge in [-0.1, -0.05) is 29.8 Å². The van der Waals surface area contributed by atoms with Gasteiger partial charge in [-0.3, -0.25) is 4.79 Å². The minimum Gasteiger partial charge on any atom is -0.480 e. The van der Waals surface area contributed by atoms with Crippen LogP contribution in [0.2, 0.25) is 5.02 Å². The van der Waals surface area contributed by atoms with E-state index in [0.717, 1.165) is 0 Å². The Morgan fingerprint density at radius 3 is 2.59 bits per heavy atom. The van der Waals surface area contributed by atoms with Gasteiger partial charge in [0.05, 0.1) is 0 Å². The van der Waals surface area contributed by atoms with Gasteiger partial charge in [0.2, 0.25) is 10.0 Å². The van der Waals surface area contributed by atoms with Crippen LogP contribution in [-0.4, -0.2) is 25.2 Å². The van der Waals surface area contributed by atoms with Gasteiger partial charge in [-0.15, -0.1) is 0 Å².